The van der Waals surface area contributed by atoms with Crippen LogP contribution in [-0.4, -0.2) is 62.7 Å². The second-order valence-electron chi connectivity index (χ2n) is 7.50. The van der Waals surface area contributed by atoms with Gasteiger partial charge in [-0.3, -0.25) is 14.5 Å². The van der Waals surface area contributed by atoms with E-state index in [4.69, 9.17) is 4.74 Å². The van der Waals surface area contributed by atoms with Crippen LogP contribution in [0.4, 0.5) is 0 Å². The zero-order chi connectivity index (χ0) is 19.6. The summed E-state index contributed by atoms with van der Waals surface area (Å²) in [5, 5.41) is 5.42. The van der Waals surface area contributed by atoms with E-state index in [1.54, 1.807) is 0 Å². The molecule has 0 aromatic heterocycles. The quantitative estimate of drug-likeness (QED) is 0.337. The molecule has 1 heterocycles. The fraction of sp³-hybridized carbons (Fsp3) is 0.905. The van der Waals surface area contributed by atoms with Gasteiger partial charge >= 0.3 is 11.8 Å². The zero-order valence-electron chi connectivity index (χ0n) is 17.4. The van der Waals surface area contributed by atoms with E-state index < -0.39 is 11.8 Å². The summed E-state index contributed by atoms with van der Waals surface area (Å²) in [4.78, 5) is 25.8. The summed E-state index contributed by atoms with van der Waals surface area (Å²) >= 11 is 0. The van der Waals surface area contributed by atoms with Crippen LogP contribution in [0.3, 0.4) is 0 Å². The van der Waals surface area contributed by atoms with E-state index >= 15 is 0 Å². The molecule has 0 aliphatic carbocycles. The number of carbonyl (C=O) groups excluding carboxylic acids is 2. The Morgan fingerprint density at radius 2 is 1.22 bits per heavy atom. The molecule has 1 rings (SSSR count). The van der Waals surface area contributed by atoms with E-state index in [1.165, 1.54) is 51.4 Å². The smallest absolute Gasteiger partial charge is 0.309 e. The van der Waals surface area contributed by atoms with Gasteiger partial charge in [0.05, 0.1) is 13.2 Å². The monoisotopic (exact) mass is 383 g/mol. The van der Waals surface area contributed by atoms with Gasteiger partial charge < -0.3 is 15.4 Å². The minimum atomic E-state index is -0.510. The molecule has 6 heteroatoms. The fourth-order valence-corrected chi connectivity index (χ4v) is 3.30. The van der Waals surface area contributed by atoms with Gasteiger partial charge in [0.15, 0.2) is 0 Å². The SMILES string of the molecule is CCCCCCCCCCCCNC(=O)C(=O)NCCCN1CCOCC1. The summed E-state index contributed by atoms with van der Waals surface area (Å²) in [6.07, 6.45) is 13.5. The largest absolute Gasteiger partial charge is 0.379 e. The lowest BCUT2D eigenvalue weighted by atomic mass is 10.1. The van der Waals surface area contributed by atoms with Crippen molar-refractivity contribution in [3.05, 3.63) is 0 Å². The van der Waals surface area contributed by atoms with Gasteiger partial charge in [0.1, 0.15) is 0 Å². The summed E-state index contributed by atoms with van der Waals surface area (Å²) in [5.74, 6) is -1.01. The van der Waals surface area contributed by atoms with Crippen molar-refractivity contribution in [2.24, 2.45) is 0 Å². The van der Waals surface area contributed by atoms with E-state index in [-0.39, 0.29) is 0 Å². The number of unbranched alkanes of at least 4 members (excludes halogenated alkanes) is 9. The van der Waals surface area contributed by atoms with Gasteiger partial charge in [-0.05, 0) is 19.4 Å². The number of rotatable bonds is 15. The van der Waals surface area contributed by atoms with Crippen LogP contribution in [0.1, 0.15) is 77.6 Å². The van der Waals surface area contributed by atoms with Crippen LogP contribution in [0.25, 0.3) is 0 Å². The molecule has 0 saturated carbocycles. The lowest BCUT2D eigenvalue weighted by Crippen LogP contribution is -2.42. The molecule has 6 nitrogen and oxygen atoms in total. The number of carbonyl (C=O) groups is 2. The van der Waals surface area contributed by atoms with Crippen molar-refractivity contribution in [2.45, 2.75) is 77.6 Å². The Labute approximate surface area is 165 Å². The summed E-state index contributed by atoms with van der Waals surface area (Å²) < 4.78 is 5.30. The molecule has 1 aliphatic heterocycles. The van der Waals surface area contributed by atoms with Gasteiger partial charge in [-0.1, -0.05) is 64.7 Å². The number of hydrogen-bond acceptors (Lipinski definition) is 4. The van der Waals surface area contributed by atoms with Gasteiger partial charge in [-0.25, -0.2) is 0 Å². The van der Waals surface area contributed by atoms with Crippen LogP contribution in [-0.2, 0) is 14.3 Å². The maximum atomic E-state index is 11.8. The lowest BCUT2D eigenvalue weighted by molar-refractivity contribution is -0.139. The van der Waals surface area contributed by atoms with Crippen molar-refractivity contribution in [1.29, 1.82) is 0 Å². The van der Waals surface area contributed by atoms with E-state index in [9.17, 15) is 9.59 Å². The molecule has 1 aliphatic rings. The van der Waals surface area contributed by atoms with Crippen molar-refractivity contribution in [3.8, 4) is 0 Å². The molecule has 1 saturated heterocycles. The van der Waals surface area contributed by atoms with E-state index in [2.05, 4.69) is 22.5 Å². The topological polar surface area (TPSA) is 70.7 Å². The van der Waals surface area contributed by atoms with Gasteiger partial charge in [0.2, 0.25) is 0 Å². The first kappa shape index (κ1) is 23.9. The van der Waals surface area contributed by atoms with Crippen molar-refractivity contribution in [2.75, 3.05) is 45.9 Å². The molecule has 0 aromatic rings. The Bertz CT molecular complexity index is 385. The highest BCUT2D eigenvalue weighted by Crippen LogP contribution is 2.10. The third kappa shape index (κ3) is 13.6. The standard InChI is InChI=1S/C21H41N3O3/c1-2-3-4-5-6-7-8-9-10-11-13-22-20(25)21(26)23-14-12-15-24-16-18-27-19-17-24/h2-19H2,1H3,(H,22,25)(H,23,26). The van der Waals surface area contributed by atoms with Crippen molar-refractivity contribution in [3.63, 3.8) is 0 Å². The average Bonchev–Trinajstić information content (AvgIpc) is 2.69. The van der Waals surface area contributed by atoms with Crippen LogP contribution in [0.15, 0.2) is 0 Å². The molecule has 2 N–H and O–H groups in total. The van der Waals surface area contributed by atoms with E-state index in [1.807, 2.05) is 0 Å². The number of amides is 2. The van der Waals surface area contributed by atoms with Gasteiger partial charge in [-0.15, -0.1) is 0 Å². The number of morpholine rings is 1. The first-order valence-corrected chi connectivity index (χ1v) is 11.1. The first-order valence-electron chi connectivity index (χ1n) is 11.1. The molecule has 1 fully saturated rings. The normalized spacial score (nSPS) is 14.9. The Kier molecular flexibility index (Phi) is 15.0. The fourth-order valence-electron chi connectivity index (χ4n) is 3.30. The predicted molar refractivity (Wildman–Crippen MR) is 110 cm³/mol. The molecule has 2 amide bonds. The second-order valence-corrected chi connectivity index (χ2v) is 7.50. The maximum absolute atomic E-state index is 11.8. The molecule has 0 atom stereocenters. The summed E-state index contributed by atoms with van der Waals surface area (Å²) in [7, 11) is 0. The van der Waals surface area contributed by atoms with Crippen LogP contribution < -0.4 is 10.6 Å². The third-order valence-corrected chi connectivity index (χ3v) is 5.06. The molecule has 0 aromatic carbocycles. The van der Waals surface area contributed by atoms with Gasteiger partial charge in [-0.2, -0.15) is 0 Å². The molecule has 27 heavy (non-hydrogen) atoms. The van der Waals surface area contributed by atoms with E-state index in [0.717, 1.165) is 52.1 Å². The lowest BCUT2D eigenvalue weighted by Gasteiger charge is -2.26. The van der Waals surface area contributed by atoms with Crippen LogP contribution in [0, 0.1) is 0 Å². The highest BCUT2D eigenvalue weighted by molar-refractivity contribution is 6.35. The maximum Gasteiger partial charge on any atom is 0.309 e. The number of hydrogen-bond donors (Lipinski definition) is 2. The Morgan fingerprint density at radius 3 is 1.78 bits per heavy atom. The second kappa shape index (κ2) is 17.0. The average molecular weight is 384 g/mol. The predicted octanol–water partition coefficient (Wildman–Crippen LogP) is 2.86. The number of nitrogens with one attached hydrogen (secondary N) is 2. The van der Waals surface area contributed by atoms with Crippen molar-refractivity contribution in [1.82, 2.24) is 15.5 Å². The third-order valence-electron chi connectivity index (χ3n) is 5.06. The Balaban J connectivity index is 1.85. The number of nitrogens with zero attached hydrogens (tertiary/aromatic N) is 1. The van der Waals surface area contributed by atoms with Crippen LogP contribution in [0.5, 0.6) is 0 Å². The molecular formula is C21H41N3O3. The van der Waals surface area contributed by atoms with Crippen LogP contribution >= 0.6 is 0 Å². The molecule has 0 spiro atoms. The zero-order valence-corrected chi connectivity index (χ0v) is 17.4. The molecular weight excluding hydrogens is 342 g/mol. The molecule has 0 unspecified atom stereocenters. The van der Waals surface area contributed by atoms with Gasteiger partial charge in [0, 0.05) is 26.2 Å². The number of ether oxygens (including phenoxy) is 1. The van der Waals surface area contributed by atoms with Gasteiger partial charge in [0.25, 0.3) is 0 Å². The molecule has 158 valence electrons. The van der Waals surface area contributed by atoms with Crippen molar-refractivity contribution < 1.29 is 14.3 Å². The summed E-state index contributed by atoms with van der Waals surface area (Å²) in [6, 6.07) is 0. The minimum Gasteiger partial charge on any atom is -0.379 e. The summed E-state index contributed by atoms with van der Waals surface area (Å²) in [5.41, 5.74) is 0. The molecule has 0 bridgehead atoms. The first-order chi connectivity index (χ1) is 13.2. The highest BCUT2D eigenvalue weighted by Gasteiger charge is 2.13. The van der Waals surface area contributed by atoms with Crippen molar-refractivity contribution >= 4 is 11.8 Å². The summed E-state index contributed by atoms with van der Waals surface area (Å²) in [6.45, 7) is 7.79. The Morgan fingerprint density at radius 1 is 0.741 bits per heavy atom. The minimum absolute atomic E-state index is 0.503. The Hall–Kier alpha value is -1.14. The van der Waals surface area contributed by atoms with E-state index in [0.29, 0.717) is 13.1 Å². The van der Waals surface area contributed by atoms with Crippen LogP contribution in [0.2, 0.25) is 0 Å². The highest BCUT2D eigenvalue weighted by atomic mass is 16.5. The molecule has 0 radical (unpaired) electrons.